The average Bonchev–Trinajstić information content (AvgIpc) is 2.54. The van der Waals surface area contributed by atoms with Gasteiger partial charge in [0.2, 0.25) is 0 Å². The molecule has 0 bridgehead atoms. The molecule has 0 saturated carbocycles. The lowest BCUT2D eigenvalue weighted by atomic mass is 9.98. The maximum absolute atomic E-state index is 13.8. The largest absolute Gasteiger partial charge is 0.332 e. The predicted molar refractivity (Wildman–Crippen MR) is 95.5 cm³/mol. The minimum atomic E-state index is -0.605. The van der Waals surface area contributed by atoms with Gasteiger partial charge in [0.05, 0.1) is 0 Å². The van der Waals surface area contributed by atoms with E-state index in [1.807, 2.05) is 25.1 Å². The summed E-state index contributed by atoms with van der Waals surface area (Å²) in [6.45, 7) is 8.06. The maximum Gasteiger partial charge on any atom is 0.279 e. The minimum Gasteiger partial charge on any atom is -0.332 e. The number of hydrogen-bond acceptors (Lipinski definition) is 1. The van der Waals surface area contributed by atoms with Crippen LogP contribution in [0.5, 0.6) is 0 Å². The van der Waals surface area contributed by atoms with Crippen molar-refractivity contribution in [3.05, 3.63) is 64.7 Å². The Labute approximate surface area is 147 Å². The van der Waals surface area contributed by atoms with E-state index in [-0.39, 0.29) is 18.5 Å². The second-order valence-electron chi connectivity index (χ2n) is 6.64. The van der Waals surface area contributed by atoms with Crippen LogP contribution in [0.25, 0.3) is 0 Å². The van der Waals surface area contributed by atoms with Crippen LogP contribution in [0.2, 0.25) is 0 Å². The fourth-order valence-electron chi connectivity index (χ4n) is 2.81. The number of aryl methyl sites for hydroxylation is 1. The second kappa shape index (κ2) is 8.21. The van der Waals surface area contributed by atoms with Gasteiger partial charge in [-0.3, -0.25) is 4.79 Å². The zero-order valence-corrected chi connectivity index (χ0v) is 15.1. The molecule has 0 unspecified atom stereocenters. The Kier molecular flexibility index (Phi) is 6.26. The first kappa shape index (κ1) is 19.1. The van der Waals surface area contributed by atoms with Crippen LogP contribution < -0.4 is 10.6 Å². The Morgan fingerprint density at radius 2 is 1.84 bits per heavy atom. The van der Waals surface area contributed by atoms with Gasteiger partial charge in [-0.05, 0) is 43.0 Å². The third kappa shape index (κ3) is 4.86. The molecule has 5 heteroatoms. The molecule has 2 aromatic carbocycles. The van der Waals surface area contributed by atoms with Crippen molar-refractivity contribution in [3.8, 4) is 0 Å². The predicted octanol–water partition coefficient (Wildman–Crippen LogP) is 3.66. The summed E-state index contributed by atoms with van der Waals surface area (Å²) in [7, 11) is 0. The van der Waals surface area contributed by atoms with Crippen molar-refractivity contribution in [2.75, 3.05) is 11.9 Å². The number of carbonyl (C=O) groups is 1. The standard InChI is InChI=1S/C20H24F2N2O/c1-12(2)16-7-5-6-13(3)20(16)24-19(25)11-23-14(4)17-9-8-15(21)10-18(17)22/h5-10,12,14,23H,11H2,1-4H3,(H,24,25)/p+1/t14-/m0/s1. The first-order valence-corrected chi connectivity index (χ1v) is 8.47. The van der Waals surface area contributed by atoms with Gasteiger partial charge >= 0.3 is 0 Å². The minimum absolute atomic E-state index is 0.148. The number of para-hydroxylation sites is 1. The number of benzene rings is 2. The quantitative estimate of drug-likeness (QED) is 0.823. The summed E-state index contributed by atoms with van der Waals surface area (Å²) < 4.78 is 26.8. The summed E-state index contributed by atoms with van der Waals surface area (Å²) >= 11 is 0. The van der Waals surface area contributed by atoms with Crippen molar-refractivity contribution < 1.29 is 18.9 Å². The molecule has 2 rings (SSSR count). The molecule has 3 nitrogen and oxygen atoms in total. The van der Waals surface area contributed by atoms with Gasteiger partial charge in [-0.2, -0.15) is 0 Å². The molecule has 0 spiro atoms. The highest BCUT2D eigenvalue weighted by Crippen LogP contribution is 2.27. The summed E-state index contributed by atoms with van der Waals surface area (Å²) in [5.74, 6) is -1.05. The summed E-state index contributed by atoms with van der Waals surface area (Å²) in [5, 5.41) is 4.70. The van der Waals surface area contributed by atoms with Gasteiger partial charge in [0.1, 0.15) is 17.7 Å². The van der Waals surface area contributed by atoms with Crippen LogP contribution >= 0.6 is 0 Å². The van der Waals surface area contributed by atoms with Gasteiger partial charge in [0.25, 0.3) is 5.91 Å². The molecular formula is C20H25F2N2O+. The van der Waals surface area contributed by atoms with Crippen LogP contribution in [0.1, 0.15) is 49.4 Å². The Bertz CT molecular complexity index is 759. The smallest absolute Gasteiger partial charge is 0.279 e. The van der Waals surface area contributed by atoms with Crippen molar-refractivity contribution in [2.45, 2.75) is 39.7 Å². The molecule has 0 fully saturated rings. The third-order valence-electron chi connectivity index (χ3n) is 4.30. The molecule has 0 saturated heterocycles. The van der Waals surface area contributed by atoms with E-state index in [1.165, 1.54) is 12.1 Å². The number of nitrogens with two attached hydrogens (primary N) is 1. The van der Waals surface area contributed by atoms with Gasteiger partial charge in [-0.1, -0.05) is 32.0 Å². The van der Waals surface area contributed by atoms with Gasteiger partial charge in [0, 0.05) is 17.3 Å². The van der Waals surface area contributed by atoms with E-state index >= 15 is 0 Å². The molecule has 0 aliphatic rings. The highest BCUT2D eigenvalue weighted by molar-refractivity contribution is 5.93. The van der Waals surface area contributed by atoms with E-state index in [4.69, 9.17) is 0 Å². The van der Waals surface area contributed by atoms with E-state index < -0.39 is 11.6 Å². The number of carbonyl (C=O) groups excluding carboxylic acids is 1. The van der Waals surface area contributed by atoms with Crippen molar-refractivity contribution in [2.24, 2.45) is 0 Å². The Balaban J connectivity index is 2.02. The Hall–Kier alpha value is -2.27. The highest BCUT2D eigenvalue weighted by atomic mass is 19.1. The van der Waals surface area contributed by atoms with E-state index in [9.17, 15) is 13.6 Å². The van der Waals surface area contributed by atoms with Crippen molar-refractivity contribution in [1.29, 1.82) is 0 Å². The SMILES string of the molecule is Cc1cccc(C(C)C)c1NC(=O)C[NH2+][C@@H](C)c1ccc(F)cc1F. The normalized spacial score (nSPS) is 12.3. The lowest BCUT2D eigenvalue weighted by molar-refractivity contribution is -0.682. The van der Waals surface area contributed by atoms with Crippen LogP contribution in [0, 0.1) is 18.6 Å². The summed E-state index contributed by atoms with van der Waals surface area (Å²) in [6, 6.07) is 9.17. The van der Waals surface area contributed by atoms with Crippen LogP contribution in [-0.2, 0) is 4.79 Å². The van der Waals surface area contributed by atoms with Crippen LogP contribution in [0.4, 0.5) is 14.5 Å². The second-order valence-corrected chi connectivity index (χ2v) is 6.64. The number of hydrogen-bond donors (Lipinski definition) is 2. The van der Waals surface area contributed by atoms with Crippen molar-refractivity contribution in [3.63, 3.8) is 0 Å². The molecule has 0 aromatic heterocycles. The van der Waals surface area contributed by atoms with Crippen LogP contribution in [-0.4, -0.2) is 12.5 Å². The molecule has 2 aromatic rings. The van der Waals surface area contributed by atoms with Gasteiger partial charge < -0.3 is 10.6 Å². The van der Waals surface area contributed by atoms with Crippen molar-refractivity contribution in [1.82, 2.24) is 0 Å². The third-order valence-corrected chi connectivity index (χ3v) is 4.30. The number of halogens is 2. The topological polar surface area (TPSA) is 45.7 Å². The molecule has 1 amide bonds. The maximum atomic E-state index is 13.8. The fourth-order valence-corrected chi connectivity index (χ4v) is 2.81. The number of quaternary nitrogens is 1. The fraction of sp³-hybridized carbons (Fsp3) is 0.350. The molecule has 25 heavy (non-hydrogen) atoms. The molecule has 0 heterocycles. The monoisotopic (exact) mass is 347 g/mol. The van der Waals surface area contributed by atoms with E-state index in [0.717, 1.165) is 22.9 Å². The van der Waals surface area contributed by atoms with Crippen LogP contribution in [0.15, 0.2) is 36.4 Å². The zero-order valence-electron chi connectivity index (χ0n) is 15.1. The molecule has 0 aliphatic heterocycles. The lowest BCUT2D eigenvalue weighted by Gasteiger charge is -2.17. The number of rotatable bonds is 6. The summed E-state index contributed by atoms with van der Waals surface area (Å²) in [6.07, 6.45) is 0. The molecular weight excluding hydrogens is 322 g/mol. The first-order chi connectivity index (χ1) is 11.8. The number of anilines is 1. The van der Waals surface area contributed by atoms with Gasteiger partial charge in [-0.15, -0.1) is 0 Å². The summed E-state index contributed by atoms with van der Waals surface area (Å²) in [4.78, 5) is 12.3. The lowest BCUT2D eigenvalue weighted by Crippen LogP contribution is -2.86. The summed E-state index contributed by atoms with van der Waals surface area (Å²) in [5.41, 5.74) is 3.33. The number of nitrogens with one attached hydrogen (secondary N) is 1. The van der Waals surface area contributed by atoms with Gasteiger partial charge in [0.15, 0.2) is 6.54 Å². The molecule has 0 aliphatic carbocycles. The molecule has 0 radical (unpaired) electrons. The van der Waals surface area contributed by atoms with Crippen molar-refractivity contribution >= 4 is 11.6 Å². The first-order valence-electron chi connectivity index (χ1n) is 8.47. The Morgan fingerprint density at radius 3 is 2.48 bits per heavy atom. The molecule has 134 valence electrons. The zero-order chi connectivity index (χ0) is 18.6. The molecule has 1 atom stereocenters. The van der Waals surface area contributed by atoms with Crippen LogP contribution in [0.3, 0.4) is 0 Å². The highest BCUT2D eigenvalue weighted by Gasteiger charge is 2.17. The Morgan fingerprint density at radius 1 is 1.12 bits per heavy atom. The number of amides is 1. The van der Waals surface area contributed by atoms with E-state index in [0.29, 0.717) is 11.5 Å². The van der Waals surface area contributed by atoms with E-state index in [2.05, 4.69) is 19.2 Å². The average molecular weight is 347 g/mol. The molecule has 3 N–H and O–H groups in total. The van der Waals surface area contributed by atoms with E-state index in [1.54, 1.807) is 12.2 Å². The van der Waals surface area contributed by atoms with Gasteiger partial charge in [-0.25, -0.2) is 8.78 Å².